The Labute approximate surface area is 112 Å². The highest BCUT2D eigenvalue weighted by atomic mass is 16.5. The number of carbonyl (C=O) groups excluding carboxylic acids is 1. The van der Waals surface area contributed by atoms with Crippen LogP contribution in [0.4, 0.5) is 0 Å². The normalized spacial score (nSPS) is 15.8. The lowest BCUT2D eigenvalue weighted by Gasteiger charge is -2.18. The highest BCUT2D eigenvalue weighted by molar-refractivity contribution is 6.07. The molecule has 1 fully saturated rings. The highest BCUT2D eigenvalue weighted by Gasteiger charge is 2.50. The molecule has 19 heavy (non-hydrogen) atoms. The zero-order chi connectivity index (χ0) is 14.0. The van der Waals surface area contributed by atoms with Gasteiger partial charge in [0.05, 0.1) is 21.3 Å². The summed E-state index contributed by atoms with van der Waals surface area (Å²) in [6, 6.07) is 3.37. The van der Waals surface area contributed by atoms with Gasteiger partial charge in [0.25, 0.3) is 0 Å². The quantitative estimate of drug-likeness (QED) is 0.792. The first-order chi connectivity index (χ1) is 9.11. The van der Waals surface area contributed by atoms with Gasteiger partial charge < -0.3 is 19.9 Å². The van der Waals surface area contributed by atoms with Crippen LogP contribution in [-0.4, -0.2) is 33.7 Å². The molecule has 1 saturated carbocycles. The molecule has 5 heteroatoms. The van der Waals surface area contributed by atoms with Crippen molar-refractivity contribution in [2.24, 2.45) is 11.1 Å². The van der Waals surface area contributed by atoms with Gasteiger partial charge in [-0.25, -0.2) is 0 Å². The lowest BCUT2D eigenvalue weighted by atomic mass is 9.93. The number of benzene rings is 1. The molecule has 0 heterocycles. The van der Waals surface area contributed by atoms with E-state index in [-0.39, 0.29) is 5.78 Å². The topological polar surface area (TPSA) is 70.8 Å². The summed E-state index contributed by atoms with van der Waals surface area (Å²) in [5, 5.41) is 0. The van der Waals surface area contributed by atoms with Crippen molar-refractivity contribution >= 4 is 5.78 Å². The number of hydrogen-bond acceptors (Lipinski definition) is 5. The summed E-state index contributed by atoms with van der Waals surface area (Å²) in [6.07, 6.45) is 1.64. The third kappa shape index (κ3) is 2.26. The van der Waals surface area contributed by atoms with Crippen molar-refractivity contribution in [2.45, 2.75) is 12.8 Å². The second kappa shape index (κ2) is 5.09. The predicted octanol–water partition coefficient (Wildman–Crippen LogP) is 1.63. The number of ketones is 1. The number of Topliss-reactive ketones (excluding diaryl/α,β-unsaturated/α-hetero) is 1. The summed E-state index contributed by atoms with van der Waals surface area (Å²) < 4.78 is 15.8. The fourth-order valence-electron chi connectivity index (χ4n) is 2.17. The van der Waals surface area contributed by atoms with E-state index in [0.717, 1.165) is 12.8 Å². The van der Waals surface area contributed by atoms with Crippen LogP contribution in [0.1, 0.15) is 23.2 Å². The van der Waals surface area contributed by atoms with Crippen LogP contribution in [0.15, 0.2) is 12.1 Å². The van der Waals surface area contributed by atoms with Gasteiger partial charge in [-0.1, -0.05) is 0 Å². The second-order valence-electron chi connectivity index (χ2n) is 4.72. The van der Waals surface area contributed by atoms with Crippen molar-refractivity contribution in [2.75, 3.05) is 27.9 Å². The Hall–Kier alpha value is -1.75. The standard InChI is InChI=1S/C14H19NO4/c1-17-9-6-10(18-2)12(11(7-9)19-3)13(16)14(8-15)4-5-14/h6-7H,4-5,8,15H2,1-3H3. The minimum Gasteiger partial charge on any atom is -0.496 e. The molecular formula is C14H19NO4. The third-order valence-electron chi connectivity index (χ3n) is 3.67. The Bertz CT molecular complexity index is 469. The SMILES string of the molecule is COc1cc(OC)c(C(=O)C2(CN)CC2)c(OC)c1. The Balaban J connectivity index is 2.51. The van der Waals surface area contributed by atoms with E-state index in [1.54, 1.807) is 19.2 Å². The fraction of sp³-hybridized carbons (Fsp3) is 0.500. The summed E-state index contributed by atoms with van der Waals surface area (Å²) in [4.78, 5) is 12.6. The molecule has 2 N–H and O–H groups in total. The summed E-state index contributed by atoms with van der Waals surface area (Å²) in [5.41, 5.74) is 5.74. The van der Waals surface area contributed by atoms with Crippen molar-refractivity contribution in [1.82, 2.24) is 0 Å². The van der Waals surface area contributed by atoms with Crippen LogP contribution in [0.3, 0.4) is 0 Å². The average Bonchev–Trinajstić information content (AvgIpc) is 3.25. The minimum absolute atomic E-state index is 0.00801. The zero-order valence-corrected chi connectivity index (χ0v) is 11.5. The van der Waals surface area contributed by atoms with Gasteiger partial charge in [0.1, 0.15) is 22.8 Å². The summed E-state index contributed by atoms with van der Waals surface area (Å²) in [7, 11) is 4.60. The molecule has 1 aromatic rings. The minimum atomic E-state index is -0.435. The molecule has 1 aliphatic rings. The summed E-state index contributed by atoms with van der Waals surface area (Å²) >= 11 is 0. The van der Waals surface area contributed by atoms with Crippen LogP contribution < -0.4 is 19.9 Å². The molecule has 0 aliphatic heterocycles. The lowest BCUT2D eigenvalue weighted by Crippen LogP contribution is -2.26. The van der Waals surface area contributed by atoms with Crippen molar-refractivity contribution in [3.8, 4) is 17.2 Å². The van der Waals surface area contributed by atoms with Gasteiger partial charge in [-0.15, -0.1) is 0 Å². The van der Waals surface area contributed by atoms with Crippen LogP contribution >= 0.6 is 0 Å². The highest BCUT2D eigenvalue weighted by Crippen LogP contribution is 2.50. The number of ether oxygens (including phenoxy) is 3. The molecular weight excluding hydrogens is 246 g/mol. The largest absolute Gasteiger partial charge is 0.496 e. The van der Waals surface area contributed by atoms with E-state index >= 15 is 0 Å². The monoisotopic (exact) mass is 265 g/mol. The van der Waals surface area contributed by atoms with Gasteiger partial charge in [-0.3, -0.25) is 4.79 Å². The van der Waals surface area contributed by atoms with E-state index in [2.05, 4.69) is 0 Å². The van der Waals surface area contributed by atoms with E-state index in [0.29, 0.717) is 29.4 Å². The second-order valence-corrected chi connectivity index (χ2v) is 4.72. The number of carbonyl (C=O) groups is 1. The van der Waals surface area contributed by atoms with Crippen molar-refractivity contribution in [3.63, 3.8) is 0 Å². The molecule has 0 aromatic heterocycles. The van der Waals surface area contributed by atoms with Crippen LogP contribution in [0.5, 0.6) is 17.2 Å². The van der Waals surface area contributed by atoms with Gasteiger partial charge in [-0.2, -0.15) is 0 Å². The van der Waals surface area contributed by atoms with Gasteiger partial charge >= 0.3 is 0 Å². The van der Waals surface area contributed by atoms with Gasteiger partial charge in [0.2, 0.25) is 0 Å². The maximum Gasteiger partial charge on any atom is 0.177 e. The van der Waals surface area contributed by atoms with Gasteiger partial charge in [0.15, 0.2) is 5.78 Å². The molecule has 0 spiro atoms. The first-order valence-electron chi connectivity index (χ1n) is 6.16. The van der Waals surface area contributed by atoms with Crippen molar-refractivity contribution in [1.29, 1.82) is 0 Å². The summed E-state index contributed by atoms with van der Waals surface area (Å²) in [6.45, 7) is 0.351. The Morgan fingerprint density at radius 2 is 1.68 bits per heavy atom. The maximum absolute atomic E-state index is 12.6. The number of hydrogen-bond donors (Lipinski definition) is 1. The predicted molar refractivity (Wildman–Crippen MR) is 71.1 cm³/mol. The van der Waals surface area contributed by atoms with E-state index in [1.807, 2.05) is 0 Å². The molecule has 5 nitrogen and oxygen atoms in total. The average molecular weight is 265 g/mol. The molecule has 1 aliphatic carbocycles. The third-order valence-corrected chi connectivity index (χ3v) is 3.67. The molecule has 0 atom stereocenters. The first-order valence-corrected chi connectivity index (χ1v) is 6.16. The Kier molecular flexibility index (Phi) is 3.66. The molecule has 1 aromatic carbocycles. The van der Waals surface area contributed by atoms with Gasteiger partial charge in [-0.05, 0) is 12.8 Å². The number of nitrogens with two attached hydrogens (primary N) is 1. The molecule has 0 radical (unpaired) electrons. The lowest BCUT2D eigenvalue weighted by molar-refractivity contribution is 0.0899. The Morgan fingerprint density at radius 1 is 1.16 bits per heavy atom. The van der Waals surface area contributed by atoms with Gasteiger partial charge in [0, 0.05) is 24.1 Å². The summed E-state index contributed by atoms with van der Waals surface area (Å²) in [5.74, 6) is 1.50. The van der Waals surface area contributed by atoms with E-state index < -0.39 is 5.41 Å². The van der Waals surface area contributed by atoms with Crippen LogP contribution in [0, 0.1) is 5.41 Å². The first kappa shape index (κ1) is 13.7. The van der Waals surface area contributed by atoms with Crippen LogP contribution in [0.25, 0.3) is 0 Å². The Morgan fingerprint density at radius 3 is 2.00 bits per heavy atom. The maximum atomic E-state index is 12.6. The molecule has 104 valence electrons. The van der Waals surface area contributed by atoms with Crippen LogP contribution in [0.2, 0.25) is 0 Å². The van der Waals surface area contributed by atoms with E-state index in [9.17, 15) is 4.79 Å². The van der Waals surface area contributed by atoms with E-state index in [1.165, 1.54) is 14.2 Å². The van der Waals surface area contributed by atoms with Crippen molar-refractivity contribution < 1.29 is 19.0 Å². The van der Waals surface area contributed by atoms with Crippen LogP contribution in [-0.2, 0) is 0 Å². The molecule has 0 unspecified atom stereocenters. The molecule has 0 saturated heterocycles. The smallest absolute Gasteiger partial charge is 0.177 e. The molecule has 0 amide bonds. The van der Waals surface area contributed by atoms with Crippen molar-refractivity contribution in [3.05, 3.63) is 17.7 Å². The molecule has 2 rings (SSSR count). The number of rotatable bonds is 6. The van der Waals surface area contributed by atoms with E-state index in [4.69, 9.17) is 19.9 Å². The zero-order valence-electron chi connectivity index (χ0n) is 11.5. The number of methoxy groups -OCH3 is 3. The molecule has 0 bridgehead atoms. The fourth-order valence-corrected chi connectivity index (χ4v) is 2.17.